The lowest BCUT2D eigenvalue weighted by Crippen LogP contribution is -2.67. The third kappa shape index (κ3) is 2.60. The second kappa shape index (κ2) is 6.37. The van der Waals surface area contributed by atoms with Crippen LogP contribution in [0.25, 0.3) is 10.9 Å². The molecular formula is C20H20BrFN4O3. The Labute approximate surface area is 175 Å². The minimum Gasteiger partial charge on any atom is -0.465 e. The van der Waals surface area contributed by atoms with E-state index in [0.29, 0.717) is 36.2 Å². The molecule has 3 aliphatic heterocycles. The van der Waals surface area contributed by atoms with Gasteiger partial charge in [0, 0.05) is 56.3 Å². The molecule has 3 aliphatic rings. The highest BCUT2D eigenvalue weighted by molar-refractivity contribution is 9.10. The summed E-state index contributed by atoms with van der Waals surface area (Å²) in [5.41, 5.74) is 1.60. The zero-order valence-electron chi connectivity index (χ0n) is 15.9. The van der Waals surface area contributed by atoms with Gasteiger partial charge >= 0.3 is 6.09 Å². The van der Waals surface area contributed by atoms with E-state index < -0.39 is 11.5 Å². The third-order valence-electron chi connectivity index (χ3n) is 6.64. The van der Waals surface area contributed by atoms with Gasteiger partial charge in [0.2, 0.25) is 5.91 Å². The zero-order valence-corrected chi connectivity index (χ0v) is 17.4. The number of carbonyl (C=O) groups is 2. The second-order valence-corrected chi connectivity index (χ2v) is 9.01. The van der Waals surface area contributed by atoms with E-state index in [1.165, 1.54) is 11.0 Å². The molecule has 1 spiro atoms. The van der Waals surface area contributed by atoms with Crippen LogP contribution in [0, 0.1) is 5.82 Å². The van der Waals surface area contributed by atoms with Crippen LogP contribution in [0.15, 0.2) is 22.8 Å². The Morgan fingerprint density at radius 1 is 1.31 bits per heavy atom. The number of pyridine rings is 1. The lowest BCUT2D eigenvalue weighted by atomic mass is 9.72. The Hall–Kier alpha value is -2.26. The summed E-state index contributed by atoms with van der Waals surface area (Å²) >= 11 is 3.26. The Morgan fingerprint density at radius 3 is 2.66 bits per heavy atom. The molecule has 1 aromatic carbocycles. The SMILES string of the molecule is CN1C(=O)C2(CN(C3CCN(C(=O)O)CC3)C2)c2c1cnc1cc(F)c(Br)cc21. The van der Waals surface area contributed by atoms with Crippen LogP contribution >= 0.6 is 15.9 Å². The number of piperidine rings is 1. The highest BCUT2D eigenvalue weighted by atomic mass is 79.9. The number of hydrogen-bond acceptors (Lipinski definition) is 4. The minimum absolute atomic E-state index is 0.0430. The summed E-state index contributed by atoms with van der Waals surface area (Å²) in [7, 11) is 1.76. The largest absolute Gasteiger partial charge is 0.465 e. The Morgan fingerprint density at radius 2 is 2.00 bits per heavy atom. The van der Waals surface area contributed by atoms with Gasteiger partial charge in [-0.2, -0.15) is 0 Å². The number of rotatable bonds is 1. The molecule has 0 unspecified atom stereocenters. The van der Waals surface area contributed by atoms with Gasteiger partial charge < -0.3 is 14.9 Å². The second-order valence-electron chi connectivity index (χ2n) is 8.15. The molecular weight excluding hydrogens is 443 g/mol. The molecule has 0 bridgehead atoms. The van der Waals surface area contributed by atoms with Gasteiger partial charge in [-0.3, -0.25) is 14.7 Å². The molecule has 5 rings (SSSR count). The molecule has 0 radical (unpaired) electrons. The molecule has 4 heterocycles. The van der Waals surface area contributed by atoms with Crippen molar-refractivity contribution in [2.45, 2.75) is 24.3 Å². The number of hydrogen-bond donors (Lipinski definition) is 1. The summed E-state index contributed by atoms with van der Waals surface area (Å²) in [5, 5.41) is 9.94. The molecule has 2 aromatic rings. The van der Waals surface area contributed by atoms with Crippen molar-refractivity contribution in [3.05, 3.63) is 34.2 Å². The van der Waals surface area contributed by atoms with Gasteiger partial charge in [-0.25, -0.2) is 9.18 Å². The molecule has 9 heteroatoms. The van der Waals surface area contributed by atoms with Crippen molar-refractivity contribution in [3.8, 4) is 0 Å². The molecule has 1 aromatic heterocycles. The Balaban J connectivity index is 1.48. The fraction of sp³-hybridized carbons (Fsp3) is 0.450. The number of halogens is 2. The van der Waals surface area contributed by atoms with Crippen LogP contribution in [0.3, 0.4) is 0 Å². The molecule has 2 amide bonds. The van der Waals surface area contributed by atoms with Gasteiger partial charge in [0.15, 0.2) is 0 Å². The molecule has 7 nitrogen and oxygen atoms in total. The predicted molar refractivity (Wildman–Crippen MR) is 109 cm³/mol. The zero-order chi connectivity index (χ0) is 20.5. The first kappa shape index (κ1) is 18.7. The van der Waals surface area contributed by atoms with E-state index in [9.17, 15) is 14.0 Å². The number of nitrogens with zero attached hydrogens (tertiary/aromatic N) is 4. The minimum atomic E-state index is -0.873. The number of aromatic nitrogens is 1. The smallest absolute Gasteiger partial charge is 0.407 e. The van der Waals surface area contributed by atoms with Crippen molar-refractivity contribution in [1.29, 1.82) is 0 Å². The first-order chi connectivity index (χ1) is 13.8. The molecule has 0 saturated carbocycles. The van der Waals surface area contributed by atoms with E-state index in [1.54, 1.807) is 24.2 Å². The maximum absolute atomic E-state index is 14.0. The number of fused-ring (bicyclic) bond motifs is 4. The number of benzene rings is 1. The fourth-order valence-corrected chi connectivity index (χ4v) is 5.44. The number of anilines is 1. The predicted octanol–water partition coefficient (Wildman–Crippen LogP) is 2.81. The lowest BCUT2D eigenvalue weighted by molar-refractivity contribution is -0.131. The number of likely N-dealkylation sites (N-methyl/N-ethyl adjacent to an activating group) is 1. The summed E-state index contributed by atoms with van der Waals surface area (Å²) in [5.74, 6) is -0.335. The monoisotopic (exact) mass is 462 g/mol. The summed E-state index contributed by atoms with van der Waals surface area (Å²) in [6.07, 6.45) is 2.33. The van der Waals surface area contributed by atoms with Crippen LogP contribution in [0.4, 0.5) is 14.9 Å². The van der Waals surface area contributed by atoms with E-state index in [2.05, 4.69) is 25.8 Å². The van der Waals surface area contributed by atoms with E-state index in [-0.39, 0.29) is 17.8 Å². The summed E-state index contributed by atoms with van der Waals surface area (Å²) in [4.78, 5) is 34.1. The Kier molecular flexibility index (Phi) is 4.12. The quantitative estimate of drug-likeness (QED) is 0.704. The molecule has 2 saturated heterocycles. The normalized spacial score (nSPS) is 21.7. The van der Waals surface area contributed by atoms with Gasteiger partial charge in [0.25, 0.3) is 0 Å². The van der Waals surface area contributed by atoms with Crippen molar-refractivity contribution in [2.24, 2.45) is 0 Å². The molecule has 29 heavy (non-hydrogen) atoms. The number of carboxylic acid groups (broad SMARTS) is 1. The van der Waals surface area contributed by atoms with Crippen molar-refractivity contribution in [1.82, 2.24) is 14.8 Å². The Bertz CT molecular complexity index is 1050. The molecule has 152 valence electrons. The van der Waals surface area contributed by atoms with Gasteiger partial charge in [-0.15, -0.1) is 0 Å². The first-order valence-corrected chi connectivity index (χ1v) is 10.4. The summed E-state index contributed by atoms with van der Waals surface area (Å²) in [6, 6.07) is 3.39. The molecule has 1 N–H and O–H groups in total. The van der Waals surface area contributed by atoms with Gasteiger partial charge in [-0.1, -0.05) is 0 Å². The molecule has 2 fully saturated rings. The average molecular weight is 463 g/mol. The van der Waals surface area contributed by atoms with Crippen molar-refractivity contribution >= 4 is 44.5 Å². The molecule has 0 aliphatic carbocycles. The van der Waals surface area contributed by atoms with Gasteiger partial charge in [0.1, 0.15) is 11.2 Å². The fourth-order valence-electron chi connectivity index (χ4n) is 5.09. The first-order valence-electron chi connectivity index (χ1n) is 9.60. The third-order valence-corrected chi connectivity index (χ3v) is 7.25. The summed E-state index contributed by atoms with van der Waals surface area (Å²) < 4.78 is 14.4. The van der Waals surface area contributed by atoms with Crippen molar-refractivity contribution < 1.29 is 19.1 Å². The average Bonchev–Trinajstić information content (AvgIpc) is 2.90. The number of carbonyl (C=O) groups excluding carboxylic acids is 1. The number of amides is 2. The van der Waals surface area contributed by atoms with Crippen molar-refractivity contribution in [2.75, 3.05) is 38.1 Å². The van der Waals surface area contributed by atoms with E-state index >= 15 is 0 Å². The molecule has 0 atom stereocenters. The van der Waals surface area contributed by atoms with E-state index in [0.717, 1.165) is 29.5 Å². The van der Waals surface area contributed by atoms with Gasteiger partial charge in [-0.05, 0) is 34.8 Å². The van der Waals surface area contributed by atoms with Crippen LogP contribution in [0.5, 0.6) is 0 Å². The van der Waals surface area contributed by atoms with E-state index in [1.807, 2.05) is 0 Å². The van der Waals surface area contributed by atoms with Crippen LogP contribution < -0.4 is 4.90 Å². The van der Waals surface area contributed by atoms with Gasteiger partial charge in [0.05, 0.1) is 21.9 Å². The van der Waals surface area contributed by atoms with Crippen LogP contribution in [-0.2, 0) is 10.2 Å². The lowest BCUT2D eigenvalue weighted by Gasteiger charge is -2.52. The number of likely N-dealkylation sites (tertiary alicyclic amines) is 2. The standard InChI is InChI=1S/C20H20BrFN4O3/c1-24-16-8-23-15-7-14(22)13(21)6-12(15)17(16)20(18(24)27)9-26(10-20)11-2-4-25(5-3-11)19(28)29/h6-8,11H,2-5,9-10H2,1H3,(H,28,29). The van der Waals surface area contributed by atoms with Crippen molar-refractivity contribution in [3.63, 3.8) is 0 Å². The van der Waals surface area contributed by atoms with Crippen LogP contribution in [-0.4, -0.2) is 71.2 Å². The maximum Gasteiger partial charge on any atom is 0.407 e. The topological polar surface area (TPSA) is 77.0 Å². The van der Waals surface area contributed by atoms with Crippen LogP contribution in [0.2, 0.25) is 0 Å². The van der Waals surface area contributed by atoms with Crippen LogP contribution in [0.1, 0.15) is 18.4 Å². The summed E-state index contributed by atoms with van der Waals surface area (Å²) in [6.45, 7) is 2.23. The van der Waals surface area contributed by atoms with E-state index in [4.69, 9.17) is 5.11 Å². The highest BCUT2D eigenvalue weighted by Gasteiger charge is 2.59. The maximum atomic E-state index is 14.0. The highest BCUT2D eigenvalue weighted by Crippen LogP contribution is 2.50.